The number of likely N-dealkylation sites (N-methyl/N-ethyl adjacent to an activating group) is 1. The van der Waals surface area contributed by atoms with Crippen molar-refractivity contribution in [3.63, 3.8) is 0 Å². The Labute approximate surface area is 122 Å². The molecule has 1 aliphatic heterocycles. The molecule has 0 radical (unpaired) electrons. The normalized spacial score (nSPS) is 24.4. The minimum Gasteiger partial charge on any atom is -0.490 e. The Kier molecular flexibility index (Phi) is 5.40. The zero-order valence-corrected chi connectivity index (χ0v) is 12.9. The zero-order chi connectivity index (χ0) is 14.5. The van der Waals surface area contributed by atoms with Gasteiger partial charge < -0.3 is 19.6 Å². The van der Waals surface area contributed by atoms with Crippen LogP contribution in [0.25, 0.3) is 0 Å². The van der Waals surface area contributed by atoms with Gasteiger partial charge in [0.1, 0.15) is 51.2 Å². The lowest BCUT2D eigenvalue weighted by Crippen LogP contribution is -3.27. The van der Waals surface area contributed by atoms with Gasteiger partial charge in [-0.15, -0.1) is 0 Å². The van der Waals surface area contributed by atoms with Crippen LogP contribution in [0.5, 0.6) is 5.75 Å². The Morgan fingerprint density at radius 1 is 1.15 bits per heavy atom. The summed E-state index contributed by atoms with van der Waals surface area (Å²) < 4.78 is 5.82. The molecule has 20 heavy (non-hydrogen) atoms. The maximum atomic E-state index is 10.2. The molecule has 0 aliphatic carbocycles. The molecule has 0 amide bonds. The Bertz CT molecular complexity index is 408. The number of rotatable bonds is 5. The Morgan fingerprint density at radius 3 is 2.35 bits per heavy atom. The lowest BCUT2D eigenvalue weighted by molar-refractivity contribution is -1.00. The maximum absolute atomic E-state index is 10.2. The Hall–Kier alpha value is -1.10. The molecule has 1 atom stereocenters. The van der Waals surface area contributed by atoms with Crippen LogP contribution < -0.4 is 14.5 Å². The van der Waals surface area contributed by atoms with Crippen LogP contribution in [-0.2, 0) is 0 Å². The third kappa shape index (κ3) is 4.20. The van der Waals surface area contributed by atoms with Gasteiger partial charge in [-0.05, 0) is 25.0 Å². The van der Waals surface area contributed by atoms with Crippen LogP contribution in [0, 0.1) is 13.8 Å². The molecule has 2 rings (SSSR count). The number of para-hydroxylation sites is 1. The van der Waals surface area contributed by atoms with E-state index >= 15 is 0 Å². The number of aliphatic hydroxyl groups is 1. The number of aliphatic hydroxyl groups excluding tert-OH is 1. The standard InChI is InChI=1S/C16H26N2O2/c1-13-5-4-6-14(2)16(13)20-12-15(19)11-18-9-7-17(3)8-10-18/h4-6,15,19H,7-12H2,1-3H3/p+2/t15-/m0/s1. The topological polar surface area (TPSA) is 38.3 Å². The van der Waals surface area contributed by atoms with Gasteiger partial charge in [0, 0.05) is 0 Å². The van der Waals surface area contributed by atoms with Crippen molar-refractivity contribution in [3.8, 4) is 5.75 Å². The van der Waals surface area contributed by atoms with Gasteiger partial charge in [0.05, 0.1) is 7.05 Å². The first-order chi connectivity index (χ1) is 9.56. The number of piperazine rings is 1. The summed E-state index contributed by atoms with van der Waals surface area (Å²) in [5.74, 6) is 0.921. The quantitative estimate of drug-likeness (QED) is 0.611. The molecule has 1 saturated heterocycles. The molecule has 1 aliphatic rings. The summed E-state index contributed by atoms with van der Waals surface area (Å²) >= 11 is 0. The zero-order valence-electron chi connectivity index (χ0n) is 12.9. The van der Waals surface area contributed by atoms with Gasteiger partial charge in [-0.2, -0.15) is 0 Å². The van der Waals surface area contributed by atoms with Gasteiger partial charge in [0.2, 0.25) is 0 Å². The molecular formula is C16H28N2O2+2. The van der Waals surface area contributed by atoms with Crippen LogP contribution in [0.4, 0.5) is 0 Å². The average Bonchev–Trinajstić information content (AvgIpc) is 2.41. The van der Waals surface area contributed by atoms with Crippen molar-refractivity contribution < 1.29 is 19.6 Å². The number of nitrogens with one attached hydrogen (secondary N) is 2. The van der Waals surface area contributed by atoms with E-state index < -0.39 is 0 Å². The van der Waals surface area contributed by atoms with Crippen LogP contribution in [0.2, 0.25) is 0 Å². The van der Waals surface area contributed by atoms with Gasteiger partial charge >= 0.3 is 0 Å². The summed E-state index contributed by atoms with van der Waals surface area (Å²) in [7, 11) is 2.23. The largest absolute Gasteiger partial charge is 0.490 e. The first-order valence-corrected chi connectivity index (χ1v) is 7.58. The highest BCUT2D eigenvalue weighted by Gasteiger charge is 2.22. The van der Waals surface area contributed by atoms with E-state index in [1.54, 1.807) is 4.90 Å². The van der Waals surface area contributed by atoms with E-state index in [2.05, 4.69) is 7.05 Å². The van der Waals surface area contributed by atoms with E-state index in [0.29, 0.717) is 6.61 Å². The summed E-state index contributed by atoms with van der Waals surface area (Å²) in [5, 5.41) is 10.2. The predicted molar refractivity (Wildman–Crippen MR) is 79.6 cm³/mol. The summed E-state index contributed by atoms with van der Waals surface area (Å²) in [6.07, 6.45) is -0.387. The van der Waals surface area contributed by atoms with Crippen molar-refractivity contribution in [3.05, 3.63) is 29.3 Å². The summed E-state index contributed by atoms with van der Waals surface area (Å²) in [4.78, 5) is 3.09. The van der Waals surface area contributed by atoms with E-state index in [1.165, 1.54) is 18.0 Å². The van der Waals surface area contributed by atoms with Crippen LogP contribution in [0.3, 0.4) is 0 Å². The molecule has 1 aromatic carbocycles. The second-order valence-corrected chi connectivity index (χ2v) is 6.10. The summed E-state index contributed by atoms with van der Waals surface area (Å²) in [5.41, 5.74) is 2.26. The monoisotopic (exact) mass is 280 g/mol. The van der Waals surface area contributed by atoms with Crippen molar-refractivity contribution in [1.29, 1.82) is 0 Å². The Balaban J connectivity index is 1.79. The smallest absolute Gasteiger partial charge is 0.137 e. The fourth-order valence-electron chi connectivity index (χ4n) is 2.83. The van der Waals surface area contributed by atoms with Gasteiger partial charge in [-0.1, -0.05) is 18.2 Å². The van der Waals surface area contributed by atoms with Crippen LogP contribution in [-0.4, -0.2) is 57.6 Å². The number of hydrogen-bond donors (Lipinski definition) is 3. The molecule has 0 saturated carbocycles. The van der Waals surface area contributed by atoms with E-state index in [-0.39, 0.29) is 6.10 Å². The summed E-state index contributed by atoms with van der Waals surface area (Å²) in [6.45, 7) is 9.95. The van der Waals surface area contributed by atoms with Crippen molar-refractivity contribution in [2.45, 2.75) is 20.0 Å². The molecule has 4 nitrogen and oxygen atoms in total. The van der Waals surface area contributed by atoms with Crippen LogP contribution in [0.15, 0.2) is 18.2 Å². The van der Waals surface area contributed by atoms with Gasteiger partial charge in [0.25, 0.3) is 0 Å². The fourth-order valence-corrected chi connectivity index (χ4v) is 2.83. The molecule has 112 valence electrons. The van der Waals surface area contributed by atoms with Gasteiger partial charge in [-0.3, -0.25) is 0 Å². The van der Waals surface area contributed by atoms with Gasteiger partial charge in [0.15, 0.2) is 0 Å². The first-order valence-electron chi connectivity index (χ1n) is 7.58. The van der Waals surface area contributed by atoms with E-state index in [4.69, 9.17) is 4.74 Å². The molecule has 0 spiro atoms. The number of aryl methyl sites for hydroxylation is 2. The maximum Gasteiger partial charge on any atom is 0.137 e. The van der Waals surface area contributed by atoms with Gasteiger partial charge in [-0.25, -0.2) is 0 Å². The molecule has 0 unspecified atom stereocenters. The number of ether oxygens (including phenoxy) is 1. The molecule has 1 fully saturated rings. The van der Waals surface area contributed by atoms with Crippen molar-refractivity contribution >= 4 is 0 Å². The second-order valence-electron chi connectivity index (χ2n) is 6.10. The molecule has 3 N–H and O–H groups in total. The van der Waals surface area contributed by atoms with Crippen molar-refractivity contribution in [1.82, 2.24) is 0 Å². The van der Waals surface area contributed by atoms with Crippen molar-refractivity contribution in [2.75, 3.05) is 46.4 Å². The van der Waals surface area contributed by atoms with Crippen molar-refractivity contribution in [2.24, 2.45) is 0 Å². The number of hydrogen-bond acceptors (Lipinski definition) is 2. The highest BCUT2D eigenvalue weighted by Crippen LogP contribution is 2.22. The van der Waals surface area contributed by atoms with E-state index in [1.807, 2.05) is 32.0 Å². The van der Waals surface area contributed by atoms with E-state index in [0.717, 1.165) is 36.5 Å². The Morgan fingerprint density at radius 2 is 1.75 bits per heavy atom. The predicted octanol–water partition coefficient (Wildman–Crippen LogP) is -1.54. The molecule has 0 aromatic heterocycles. The molecule has 1 aromatic rings. The first kappa shape index (κ1) is 15.3. The molecule has 0 bridgehead atoms. The molecule has 4 heteroatoms. The highest BCUT2D eigenvalue weighted by atomic mass is 16.5. The SMILES string of the molecule is Cc1cccc(C)c1OC[C@@H](O)C[NH+]1CC[NH+](C)CC1. The van der Waals surface area contributed by atoms with E-state index in [9.17, 15) is 5.11 Å². The average molecular weight is 280 g/mol. The fraction of sp³-hybridized carbons (Fsp3) is 0.625. The van der Waals surface area contributed by atoms with Crippen LogP contribution in [0.1, 0.15) is 11.1 Å². The summed E-state index contributed by atoms with van der Waals surface area (Å²) in [6, 6.07) is 6.12. The highest BCUT2D eigenvalue weighted by molar-refractivity contribution is 5.39. The second kappa shape index (κ2) is 7.07. The number of benzene rings is 1. The lowest BCUT2D eigenvalue weighted by Gasteiger charge is -2.28. The third-order valence-corrected chi connectivity index (χ3v) is 4.16. The third-order valence-electron chi connectivity index (χ3n) is 4.16. The lowest BCUT2D eigenvalue weighted by atomic mass is 10.1. The minimum absolute atomic E-state index is 0.387. The molecular weight excluding hydrogens is 252 g/mol. The number of quaternary nitrogens is 2. The molecule has 1 heterocycles. The minimum atomic E-state index is -0.387. The van der Waals surface area contributed by atoms with Crippen LogP contribution >= 0.6 is 0 Å².